The first-order chi connectivity index (χ1) is 13.5. The van der Waals surface area contributed by atoms with Gasteiger partial charge in [0.25, 0.3) is 5.69 Å². The van der Waals surface area contributed by atoms with Gasteiger partial charge in [0, 0.05) is 24.1 Å². The summed E-state index contributed by atoms with van der Waals surface area (Å²) in [6.07, 6.45) is 3.45. The molecule has 1 aromatic heterocycles. The lowest BCUT2D eigenvalue weighted by Gasteiger charge is -2.13. The number of ether oxygens (including phenoxy) is 1. The molecule has 28 heavy (non-hydrogen) atoms. The highest BCUT2D eigenvalue weighted by molar-refractivity contribution is 8.00. The molecule has 1 heterocycles. The number of anilines is 1. The number of nitro groups is 1. The zero-order valence-corrected chi connectivity index (χ0v) is 16.1. The summed E-state index contributed by atoms with van der Waals surface area (Å²) in [5.74, 6) is 0.402. The molecule has 1 N–H and O–H groups in total. The van der Waals surface area contributed by atoms with Gasteiger partial charge in [-0.25, -0.2) is 4.98 Å². The summed E-state index contributed by atoms with van der Waals surface area (Å²) in [7, 11) is 1.60. The van der Waals surface area contributed by atoms with Gasteiger partial charge in [0.1, 0.15) is 11.4 Å². The number of hydrogen-bond acceptors (Lipinski definition) is 6. The summed E-state index contributed by atoms with van der Waals surface area (Å²) in [5.41, 5.74) is 0.906. The molecule has 144 valence electrons. The molecule has 0 bridgehead atoms. The van der Waals surface area contributed by atoms with E-state index in [2.05, 4.69) is 10.3 Å². The highest BCUT2D eigenvalue weighted by Crippen LogP contribution is 2.28. The van der Waals surface area contributed by atoms with Gasteiger partial charge in [-0.3, -0.25) is 19.5 Å². The van der Waals surface area contributed by atoms with Crippen molar-refractivity contribution in [2.75, 3.05) is 12.4 Å². The van der Waals surface area contributed by atoms with E-state index in [-0.39, 0.29) is 17.3 Å². The average molecular weight is 398 g/mol. The molecule has 0 spiro atoms. The number of thioether (sulfide) groups is 1. The molecule has 0 aliphatic carbocycles. The maximum atomic E-state index is 12.5. The average Bonchev–Trinajstić information content (AvgIpc) is 3.16. The molecule has 0 aliphatic rings. The van der Waals surface area contributed by atoms with Crippen molar-refractivity contribution in [1.82, 2.24) is 9.55 Å². The Bertz CT molecular complexity index is 988. The van der Waals surface area contributed by atoms with Crippen LogP contribution in [0, 0.1) is 10.1 Å². The number of rotatable bonds is 7. The minimum absolute atomic E-state index is 0.146. The quantitative estimate of drug-likeness (QED) is 0.368. The zero-order chi connectivity index (χ0) is 20.1. The van der Waals surface area contributed by atoms with Crippen LogP contribution in [0.25, 0.3) is 5.69 Å². The Morgan fingerprint density at radius 1 is 1.25 bits per heavy atom. The lowest BCUT2D eigenvalue weighted by atomic mass is 10.2. The van der Waals surface area contributed by atoms with Gasteiger partial charge in [0.05, 0.1) is 17.3 Å². The molecule has 2 aromatic carbocycles. The third-order valence-corrected chi connectivity index (χ3v) is 5.05. The minimum Gasteiger partial charge on any atom is -0.497 e. The molecule has 0 unspecified atom stereocenters. The minimum atomic E-state index is -0.524. The summed E-state index contributed by atoms with van der Waals surface area (Å²) < 4.78 is 7.02. The number of nitrogens with one attached hydrogen (secondary N) is 1. The standard InChI is InChI=1S/C19H18N4O4S/c1-13(18(24)21-16-5-3-4-6-17(16)23(25)26)28-19-20-11-12-22(19)14-7-9-15(27-2)10-8-14/h3-13H,1-2H3,(H,21,24)/t13-/m1/s1. The Hall–Kier alpha value is -3.33. The number of nitrogens with zero attached hydrogens (tertiary/aromatic N) is 3. The Kier molecular flexibility index (Phi) is 5.95. The summed E-state index contributed by atoms with van der Waals surface area (Å²) in [6, 6.07) is 13.5. The molecule has 0 aliphatic heterocycles. The zero-order valence-electron chi connectivity index (χ0n) is 15.2. The number of benzene rings is 2. The summed E-state index contributed by atoms with van der Waals surface area (Å²) in [5, 5.41) is 13.8. The monoisotopic (exact) mass is 398 g/mol. The fourth-order valence-electron chi connectivity index (χ4n) is 2.50. The number of amides is 1. The number of nitro benzene ring substituents is 1. The number of carbonyl (C=O) groups is 1. The molecule has 0 saturated heterocycles. The molecule has 3 aromatic rings. The van der Waals surface area contributed by atoms with Crippen molar-refractivity contribution in [3.05, 3.63) is 71.0 Å². The van der Waals surface area contributed by atoms with Crippen molar-refractivity contribution in [3.63, 3.8) is 0 Å². The summed E-state index contributed by atoms with van der Waals surface area (Å²) >= 11 is 1.26. The largest absolute Gasteiger partial charge is 0.497 e. The Morgan fingerprint density at radius 3 is 2.64 bits per heavy atom. The van der Waals surface area contributed by atoms with Crippen LogP contribution in [0.15, 0.2) is 66.1 Å². The fraction of sp³-hybridized carbons (Fsp3) is 0.158. The fourth-order valence-corrected chi connectivity index (χ4v) is 3.38. The van der Waals surface area contributed by atoms with Crippen molar-refractivity contribution < 1.29 is 14.5 Å². The van der Waals surface area contributed by atoms with Gasteiger partial charge >= 0.3 is 0 Å². The van der Waals surface area contributed by atoms with Crippen molar-refractivity contribution in [3.8, 4) is 11.4 Å². The molecule has 3 rings (SSSR count). The van der Waals surface area contributed by atoms with Crippen LogP contribution in [0.5, 0.6) is 5.75 Å². The van der Waals surface area contributed by atoms with Gasteiger partial charge in [0.15, 0.2) is 5.16 Å². The van der Waals surface area contributed by atoms with Crippen molar-refractivity contribution in [2.24, 2.45) is 0 Å². The third-order valence-electron chi connectivity index (χ3n) is 3.97. The molecular formula is C19H18N4O4S. The van der Waals surface area contributed by atoms with Crippen molar-refractivity contribution >= 4 is 29.0 Å². The molecule has 0 saturated carbocycles. The molecule has 0 fully saturated rings. The summed E-state index contributed by atoms with van der Waals surface area (Å²) in [6.45, 7) is 1.72. The predicted octanol–water partition coefficient (Wildman–Crippen LogP) is 3.91. The van der Waals surface area contributed by atoms with Crippen LogP contribution >= 0.6 is 11.8 Å². The number of methoxy groups -OCH3 is 1. The highest BCUT2D eigenvalue weighted by atomic mass is 32.2. The van der Waals surface area contributed by atoms with Gasteiger partial charge in [-0.1, -0.05) is 23.9 Å². The molecule has 9 heteroatoms. The maximum Gasteiger partial charge on any atom is 0.292 e. The second-order valence-corrected chi connectivity index (χ2v) is 7.11. The van der Waals surface area contributed by atoms with Crippen LogP contribution in [0.1, 0.15) is 6.92 Å². The van der Waals surface area contributed by atoms with Gasteiger partial charge in [-0.2, -0.15) is 0 Å². The lowest BCUT2D eigenvalue weighted by molar-refractivity contribution is -0.383. The van der Waals surface area contributed by atoms with Crippen LogP contribution in [0.4, 0.5) is 11.4 Å². The number of imidazole rings is 1. The van der Waals surface area contributed by atoms with Crippen LogP contribution in [0.3, 0.4) is 0 Å². The lowest BCUT2D eigenvalue weighted by Crippen LogP contribution is -2.23. The van der Waals surface area contributed by atoms with Gasteiger partial charge in [-0.15, -0.1) is 0 Å². The van der Waals surface area contributed by atoms with E-state index in [9.17, 15) is 14.9 Å². The third kappa shape index (κ3) is 4.32. The van der Waals surface area contributed by atoms with E-state index in [4.69, 9.17) is 4.74 Å². The number of para-hydroxylation sites is 2. The number of carbonyl (C=O) groups excluding carboxylic acids is 1. The summed E-state index contributed by atoms with van der Waals surface area (Å²) in [4.78, 5) is 27.4. The van der Waals surface area contributed by atoms with Gasteiger partial charge < -0.3 is 10.1 Å². The molecule has 0 radical (unpaired) electrons. The van der Waals surface area contributed by atoms with E-state index in [0.717, 1.165) is 11.4 Å². The smallest absolute Gasteiger partial charge is 0.292 e. The molecule has 1 atom stereocenters. The first kappa shape index (κ1) is 19.4. The topological polar surface area (TPSA) is 99.3 Å². The van der Waals surface area contributed by atoms with Crippen molar-refractivity contribution in [2.45, 2.75) is 17.3 Å². The van der Waals surface area contributed by atoms with E-state index < -0.39 is 10.2 Å². The Balaban J connectivity index is 1.73. The number of hydrogen-bond donors (Lipinski definition) is 1. The van der Waals surface area contributed by atoms with Gasteiger partial charge in [-0.05, 0) is 37.3 Å². The number of aromatic nitrogens is 2. The van der Waals surface area contributed by atoms with E-state index in [1.165, 1.54) is 23.9 Å². The normalized spacial score (nSPS) is 11.6. The molecule has 1 amide bonds. The molecular weight excluding hydrogens is 380 g/mol. The molecule has 8 nitrogen and oxygen atoms in total. The van der Waals surface area contributed by atoms with Crippen LogP contribution in [0.2, 0.25) is 0 Å². The van der Waals surface area contributed by atoms with Crippen LogP contribution < -0.4 is 10.1 Å². The SMILES string of the molecule is COc1ccc(-n2ccnc2S[C@H](C)C(=O)Nc2ccccc2[N+](=O)[O-])cc1. The van der Waals surface area contributed by atoms with Gasteiger partial charge in [0.2, 0.25) is 5.91 Å². The first-order valence-electron chi connectivity index (χ1n) is 8.38. The Labute approximate surface area is 165 Å². The van der Waals surface area contributed by atoms with Crippen LogP contribution in [-0.4, -0.2) is 32.7 Å². The second-order valence-electron chi connectivity index (χ2n) is 5.80. The highest BCUT2D eigenvalue weighted by Gasteiger charge is 2.21. The van der Waals surface area contributed by atoms with E-state index in [1.54, 1.807) is 38.6 Å². The van der Waals surface area contributed by atoms with Crippen LogP contribution in [-0.2, 0) is 4.79 Å². The maximum absolute atomic E-state index is 12.5. The second kappa shape index (κ2) is 8.57. The predicted molar refractivity (Wildman–Crippen MR) is 107 cm³/mol. The van der Waals surface area contributed by atoms with E-state index in [1.807, 2.05) is 28.8 Å². The Morgan fingerprint density at radius 2 is 1.96 bits per heavy atom. The first-order valence-corrected chi connectivity index (χ1v) is 9.26. The van der Waals surface area contributed by atoms with E-state index >= 15 is 0 Å². The van der Waals surface area contributed by atoms with Crippen molar-refractivity contribution in [1.29, 1.82) is 0 Å². The van der Waals surface area contributed by atoms with E-state index in [0.29, 0.717) is 5.16 Å².